The van der Waals surface area contributed by atoms with Crippen LogP contribution in [0.3, 0.4) is 0 Å². The van der Waals surface area contributed by atoms with Crippen molar-refractivity contribution in [1.29, 1.82) is 0 Å². The number of carbonyl (C=O) groups excluding carboxylic acids is 1. The molecule has 1 aromatic carbocycles. The van der Waals surface area contributed by atoms with Crippen molar-refractivity contribution in [2.24, 2.45) is 0 Å². The second-order valence-corrected chi connectivity index (χ2v) is 4.89. The zero-order valence-electron chi connectivity index (χ0n) is 8.63. The molecule has 0 bridgehead atoms. The quantitative estimate of drug-likeness (QED) is 0.771. The van der Waals surface area contributed by atoms with Crippen LogP contribution in [0.5, 0.6) is 0 Å². The lowest BCUT2D eigenvalue weighted by Gasteiger charge is -2.32. The van der Waals surface area contributed by atoms with Gasteiger partial charge >= 0.3 is 0 Å². The third kappa shape index (κ3) is 1.99. The van der Waals surface area contributed by atoms with E-state index in [0.29, 0.717) is 6.42 Å². The summed E-state index contributed by atoms with van der Waals surface area (Å²) < 4.78 is 6.43. The van der Waals surface area contributed by atoms with E-state index in [1.807, 2.05) is 6.07 Å². The number of methoxy groups -OCH3 is 1. The Morgan fingerprint density at radius 2 is 2.27 bits per heavy atom. The smallest absolute Gasteiger partial charge is 0.152 e. The average Bonchev–Trinajstić information content (AvgIpc) is 2.28. The molecule has 0 N–H and O–H groups in total. The highest BCUT2D eigenvalue weighted by Crippen LogP contribution is 2.31. The fourth-order valence-corrected chi connectivity index (χ4v) is 2.49. The number of carbonyl (C=O) groups is 1. The van der Waals surface area contributed by atoms with E-state index in [2.05, 4.69) is 28.1 Å². The number of hydrogen-bond donors (Lipinski definition) is 0. The second kappa shape index (κ2) is 4.06. The molecule has 0 saturated carbocycles. The van der Waals surface area contributed by atoms with Gasteiger partial charge in [0.05, 0.1) is 0 Å². The first-order chi connectivity index (χ1) is 7.19. The van der Waals surface area contributed by atoms with Gasteiger partial charge in [-0.3, -0.25) is 0 Å². The molecular formula is C12H13BrO2. The molecule has 0 saturated heterocycles. The maximum absolute atomic E-state index is 11.1. The predicted molar refractivity (Wildman–Crippen MR) is 62.0 cm³/mol. The molecule has 1 aliphatic carbocycles. The lowest BCUT2D eigenvalue weighted by Crippen LogP contribution is -2.39. The molecule has 0 heterocycles. The molecular weight excluding hydrogens is 256 g/mol. The zero-order valence-corrected chi connectivity index (χ0v) is 10.2. The minimum atomic E-state index is -0.596. The SMILES string of the molecule is COC1(C=O)CCc2cc(Br)ccc2C1. The van der Waals surface area contributed by atoms with Gasteiger partial charge in [-0.15, -0.1) is 0 Å². The first-order valence-corrected chi connectivity index (χ1v) is 5.77. The van der Waals surface area contributed by atoms with E-state index in [9.17, 15) is 4.79 Å². The Morgan fingerprint density at radius 3 is 2.93 bits per heavy atom. The van der Waals surface area contributed by atoms with Crippen molar-refractivity contribution in [1.82, 2.24) is 0 Å². The van der Waals surface area contributed by atoms with Crippen molar-refractivity contribution in [3.63, 3.8) is 0 Å². The number of ether oxygens (including phenoxy) is 1. The summed E-state index contributed by atoms with van der Waals surface area (Å²) in [6.45, 7) is 0. The molecule has 80 valence electrons. The Bertz CT molecular complexity index is 389. The minimum absolute atomic E-state index is 0.596. The number of fused-ring (bicyclic) bond motifs is 1. The van der Waals surface area contributed by atoms with Gasteiger partial charge in [0.2, 0.25) is 0 Å². The molecule has 3 heteroatoms. The molecule has 2 nitrogen and oxygen atoms in total. The van der Waals surface area contributed by atoms with Crippen molar-refractivity contribution < 1.29 is 9.53 Å². The Balaban J connectivity index is 2.34. The number of hydrogen-bond acceptors (Lipinski definition) is 2. The number of benzene rings is 1. The number of halogens is 1. The van der Waals surface area contributed by atoms with Gasteiger partial charge in [-0.1, -0.05) is 22.0 Å². The summed E-state index contributed by atoms with van der Waals surface area (Å²) in [5, 5.41) is 0. The van der Waals surface area contributed by atoms with Crippen LogP contribution in [-0.4, -0.2) is 19.0 Å². The van der Waals surface area contributed by atoms with Gasteiger partial charge in [0.15, 0.2) is 6.29 Å². The van der Waals surface area contributed by atoms with Gasteiger partial charge in [0.1, 0.15) is 5.60 Å². The second-order valence-electron chi connectivity index (χ2n) is 3.98. The van der Waals surface area contributed by atoms with Crippen molar-refractivity contribution in [2.45, 2.75) is 24.9 Å². The van der Waals surface area contributed by atoms with Crippen LogP contribution in [0, 0.1) is 0 Å². The first-order valence-electron chi connectivity index (χ1n) is 4.98. The van der Waals surface area contributed by atoms with Crippen molar-refractivity contribution in [3.05, 3.63) is 33.8 Å². The summed E-state index contributed by atoms with van der Waals surface area (Å²) in [6.07, 6.45) is 3.31. The molecule has 1 unspecified atom stereocenters. The molecule has 0 fully saturated rings. The molecule has 0 amide bonds. The van der Waals surface area contributed by atoms with Crippen LogP contribution in [0.15, 0.2) is 22.7 Å². The van der Waals surface area contributed by atoms with Gasteiger partial charge in [0, 0.05) is 18.0 Å². The lowest BCUT2D eigenvalue weighted by molar-refractivity contribution is -0.128. The van der Waals surface area contributed by atoms with Gasteiger partial charge in [-0.05, 0) is 36.1 Å². The normalized spacial score (nSPS) is 24.7. The van der Waals surface area contributed by atoms with Crippen LogP contribution in [0.1, 0.15) is 17.5 Å². The highest BCUT2D eigenvalue weighted by molar-refractivity contribution is 9.10. The molecule has 0 spiro atoms. The summed E-state index contributed by atoms with van der Waals surface area (Å²) in [5.41, 5.74) is 1.94. The summed E-state index contributed by atoms with van der Waals surface area (Å²) in [7, 11) is 1.61. The molecule has 1 atom stereocenters. The van der Waals surface area contributed by atoms with Gasteiger partial charge in [-0.25, -0.2) is 0 Å². The van der Waals surface area contributed by atoms with E-state index >= 15 is 0 Å². The van der Waals surface area contributed by atoms with Crippen LogP contribution < -0.4 is 0 Å². The fourth-order valence-electron chi connectivity index (χ4n) is 2.08. The van der Waals surface area contributed by atoms with Crippen LogP contribution in [0.2, 0.25) is 0 Å². The van der Waals surface area contributed by atoms with E-state index in [4.69, 9.17) is 4.74 Å². The number of aryl methyl sites for hydroxylation is 1. The molecule has 15 heavy (non-hydrogen) atoms. The third-order valence-electron chi connectivity index (χ3n) is 3.10. The maximum Gasteiger partial charge on any atom is 0.152 e. The highest BCUT2D eigenvalue weighted by Gasteiger charge is 2.33. The van der Waals surface area contributed by atoms with E-state index < -0.39 is 5.60 Å². The van der Waals surface area contributed by atoms with E-state index in [0.717, 1.165) is 23.6 Å². The van der Waals surface area contributed by atoms with E-state index in [1.54, 1.807) is 7.11 Å². The molecule has 2 rings (SSSR count). The van der Waals surface area contributed by atoms with Crippen molar-refractivity contribution in [2.75, 3.05) is 7.11 Å². The topological polar surface area (TPSA) is 26.3 Å². The van der Waals surface area contributed by atoms with Gasteiger partial charge in [-0.2, -0.15) is 0 Å². The van der Waals surface area contributed by atoms with E-state index in [-0.39, 0.29) is 0 Å². The summed E-state index contributed by atoms with van der Waals surface area (Å²) >= 11 is 3.45. The Labute approximate surface area is 97.8 Å². The van der Waals surface area contributed by atoms with Crippen molar-refractivity contribution >= 4 is 22.2 Å². The maximum atomic E-state index is 11.1. The van der Waals surface area contributed by atoms with Crippen molar-refractivity contribution in [3.8, 4) is 0 Å². The van der Waals surface area contributed by atoms with Crippen LogP contribution >= 0.6 is 15.9 Å². The summed E-state index contributed by atoms with van der Waals surface area (Å²) in [4.78, 5) is 11.1. The van der Waals surface area contributed by atoms with Crippen LogP contribution in [0.4, 0.5) is 0 Å². The van der Waals surface area contributed by atoms with E-state index in [1.165, 1.54) is 11.1 Å². The number of rotatable bonds is 2. The number of aldehydes is 1. The van der Waals surface area contributed by atoms with Crippen LogP contribution in [-0.2, 0) is 22.4 Å². The molecule has 1 aliphatic rings. The minimum Gasteiger partial charge on any atom is -0.370 e. The molecule has 0 radical (unpaired) electrons. The Kier molecular flexibility index (Phi) is 2.94. The van der Waals surface area contributed by atoms with Gasteiger partial charge in [0.25, 0.3) is 0 Å². The Hall–Kier alpha value is -0.670. The van der Waals surface area contributed by atoms with Gasteiger partial charge < -0.3 is 9.53 Å². The fraction of sp³-hybridized carbons (Fsp3) is 0.417. The summed E-state index contributed by atoms with van der Waals surface area (Å²) in [5.74, 6) is 0. The standard InChI is InChI=1S/C12H13BrO2/c1-15-12(8-14)5-4-9-6-11(13)3-2-10(9)7-12/h2-3,6,8H,4-5,7H2,1H3. The monoisotopic (exact) mass is 268 g/mol. The summed E-state index contributed by atoms with van der Waals surface area (Å²) in [6, 6.07) is 6.20. The Morgan fingerprint density at radius 1 is 1.47 bits per heavy atom. The zero-order chi connectivity index (χ0) is 10.9. The largest absolute Gasteiger partial charge is 0.370 e. The van der Waals surface area contributed by atoms with Crippen LogP contribution in [0.25, 0.3) is 0 Å². The molecule has 0 aromatic heterocycles. The molecule has 1 aromatic rings. The average molecular weight is 269 g/mol. The highest BCUT2D eigenvalue weighted by atomic mass is 79.9. The predicted octanol–water partition coefficient (Wildman–Crippen LogP) is 2.52. The molecule has 0 aliphatic heterocycles. The lowest BCUT2D eigenvalue weighted by atomic mass is 9.81. The third-order valence-corrected chi connectivity index (χ3v) is 3.59. The first kappa shape index (κ1) is 10.8.